The van der Waals surface area contributed by atoms with Crippen LogP contribution in [0, 0.1) is 5.41 Å². The quantitative estimate of drug-likeness (QED) is 0.777. The average Bonchev–Trinajstić information content (AvgIpc) is 3.16. The van der Waals surface area contributed by atoms with Crippen molar-refractivity contribution >= 4 is 18.3 Å². The highest BCUT2D eigenvalue weighted by molar-refractivity contribution is 5.85. The molecule has 1 N–H and O–H groups in total. The molecule has 0 aromatic heterocycles. The largest absolute Gasteiger partial charge is 0.378 e. The van der Waals surface area contributed by atoms with Gasteiger partial charge in [0.05, 0.1) is 25.7 Å². The first-order chi connectivity index (χ1) is 10.3. The van der Waals surface area contributed by atoms with Crippen LogP contribution in [0.15, 0.2) is 0 Å². The summed E-state index contributed by atoms with van der Waals surface area (Å²) in [6.45, 7) is 6.16. The van der Waals surface area contributed by atoms with E-state index in [1.165, 1.54) is 6.42 Å². The summed E-state index contributed by atoms with van der Waals surface area (Å²) in [6, 6.07) is 0. The molecule has 0 radical (unpaired) electrons. The molecule has 1 unspecified atom stereocenters. The van der Waals surface area contributed by atoms with Gasteiger partial charge in [-0.15, -0.1) is 12.4 Å². The highest BCUT2D eigenvalue weighted by atomic mass is 35.5. The van der Waals surface area contributed by atoms with E-state index >= 15 is 0 Å². The molecule has 0 saturated carbocycles. The second-order valence-electron chi connectivity index (χ2n) is 6.77. The summed E-state index contributed by atoms with van der Waals surface area (Å²) in [6.07, 6.45) is 6.58. The molecule has 3 saturated heterocycles. The van der Waals surface area contributed by atoms with Crippen LogP contribution in [-0.4, -0.2) is 62.9 Å². The van der Waals surface area contributed by atoms with Gasteiger partial charge >= 0.3 is 0 Å². The molecule has 128 valence electrons. The minimum absolute atomic E-state index is 0. The van der Waals surface area contributed by atoms with Gasteiger partial charge in [0.1, 0.15) is 0 Å². The van der Waals surface area contributed by atoms with Crippen molar-refractivity contribution in [3.05, 3.63) is 0 Å². The number of piperidine rings is 1. The summed E-state index contributed by atoms with van der Waals surface area (Å²) in [7, 11) is 0. The predicted molar refractivity (Wildman–Crippen MR) is 87.4 cm³/mol. The maximum absolute atomic E-state index is 12.2. The number of ether oxygens (including phenoxy) is 2. The SMILES string of the molecule is Cl.O=C(CCOCC1CCCO1)N1CCC2(CCNC2)CC1. The fraction of sp³-hybridized carbons (Fsp3) is 0.938. The van der Waals surface area contributed by atoms with E-state index in [4.69, 9.17) is 9.47 Å². The lowest BCUT2D eigenvalue weighted by Crippen LogP contribution is -2.44. The zero-order chi connectivity index (χ0) is 14.5. The number of nitrogens with zero attached hydrogens (tertiary/aromatic N) is 1. The van der Waals surface area contributed by atoms with Gasteiger partial charge in [-0.1, -0.05) is 0 Å². The third-order valence-electron chi connectivity index (χ3n) is 5.30. The van der Waals surface area contributed by atoms with Crippen molar-refractivity contribution in [3.63, 3.8) is 0 Å². The van der Waals surface area contributed by atoms with Crippen molar-refractivity contribution < 1.29 is 14.3 Å². The number of nitrogens with one attached hydrogen (secondary N) is 1. The van der Waals surface area contributed by atoms with Gasteiger partial charge in [-0.05, 0) is 44.1 Å². The number of likely N-dealkylation sites (tertiary alicyclic amines) is 1. The summed E-state index contributed by atoms with van der Waals surface area (Å²) in [4.78, 5) is 14.2. The highest BCUT2D eigenvalue weighted by Crippen LogP contribution is 2.36. The summed E-state index contributed by atoms with van der Waals surface area (Å²) in [5.41, 5.74) is 0.479. The van der Waals surface area contributed by atoms with Gasteiger partial charge in [0, 0.05) is 26.2 Å². The number of amides is 1. The summed E-state index contributed by atoms with van der Waals surface area (Å²) >= 11 is 0. The van der Waals surface area contributed by atoms with E-state index in [-0.39, 0.29) is 24.4 Å². The summed E-state index contributed by atoms with van der Waals surface area (Å²) in [5, 5.41) is 3.46. The molecule has 0 bridgehead atoms. The van der Waals surface area contributed by atoms with Crippen molar-refractivity contribution in [2.75, 3.05) is 46.0 Å². The third kappa shape index (κ3) is 4.57. The Morgan fingerprint density at radius 2 is 2.14 bits per heavy atom. The number of hydrogen-bond donors (Lipinski definition) is 1. The van der Waals surface area contributed by atoms with E-state index in [2.05, 4.69) is 5.32 Å². The molecule has 1 atom stereocenters. The van der Waals surface area contributed by atoms with Crippen LogP contribution >= 0.6 is 12.4 Å². The molecule has 0 aromatic carbocycles. The lowest BCUT2D eigenvalue weighted by Gasteiger charge is -2.39. The van der Waals surface area contributed by atoms with Crippen molar-refractivity contribution in [2.24, 2.45) is 5.41 Å². The predicted octanol–water partition coefficient (Wildman–Crippen LogP) is 1.60. The zero-order valence-electron chi connectivity index (χ0n) is 13.3. The van der Waals surface area contributed by atoms with Crippen LogP contribution in [0.2, 0.25) is 0 Å². The molecule has 22 heavy (non-hydrogen) atoms. The smallest absolute Gasteiger partial charge is 0.224 e. The first-order valence-electron chi connectivity index (χ1n) is 8.45. The molecule has 3 rings (SSSR count). The maximum Gasteiger partial charge on any atom is 0.224 e. The van der Waals surface area contributed by atoms with Crippen LogP contribution < -0.4 is 5.32 Å². The van der Waals surface area contributed by atoms with Crippen LogP contribution in [-0.2, 0) is 14.3 Å². The Labute approximate surface area is 139 Å². The molecule has 3 aliphatic heterocycles. The fourth-order valence-corrected chi connectivity index (χ4v) is 3.76. The van der Waals surface area contributed by atoms with Gasteiger partial charge in [-0.25, -0.2) is 0 Å². The first-order valence-corrected chi connectivity index (χ1v) is 8.45. The molecule has 3 heterocycles. The normalized spacial score (nSPS) is 27.1. The van der Waals surface area contributed by atoms with Crippen molar-refractivity contribution in [3.8, 4) is 0 Å². The van der Waals surface area contributed by atoms with Crippen LogP contribution in [0.1, 0.15) is 38.5 Å². The van der Waals surface area contributed by atoms with E-state index in [0.717, 1.165) is 58.5 Å². The number of carbonyl (C=O) groups is 1. The molecule has 6 heteroatoms. The Morgan fingerprint density at radius 1 is 1.32 bits per heavy atom. The van der Waals surface area contributed by atoms with Crippen molar-refractivity contribution in [1.82, 2.24) is 10.2 Å². The Morgan fingerprint density at radius 3 is 2.77 bits per heavy atom. The zero-order valence-corrected chi connectivity index (χ0v) is 14.2. The van der Waals surface area contributed by atoms with Gasteiger partial charge in [0.2, 0.25) is 5.91 Å². The number of hydrogen-bond acceptors (Lipinski definition) is 4. The Hall–Kier alpha value is -0.360. The number of rotatable bonds is 5. The van der Waals surface area contributed by atoms with Gasteiger partial charge < -0.3 is 19.7 Å². The molecule has 5 nitrogen and oxygen atoms in total. The Kier molecular flexibility index (Phi) is 6.93. The second-order valence-corrected chi connectivity index (χ2v) is 6.77. The second kappa shape index (κ2) is 8.48. The van der Waals surface area contributed by atoms with Crippen LogP contribution in [0.25, 0.3) is 0 Å². The summed E-state index contributed by atoms with van der Waals surface area (Å²) < 4.78 is 11.1. The molecule has 0 aliphatic carbocycles. The van der Waals surface area contributed by atoms with Crippen LogP contribution in [0.5, 0.6) is 0 Å². The van der Waals surface area contributed by atoms with E-state index in [0.29, 0.717) is 25.0 Å². The topological polar surface area (TPSA) is 50.8 Å². The standard InChI is InChI=1S/C16H28N2O3.ClH/c19-15(3-11-20-12-14-2-1-10-21-14)18-8-5-16(6-9-18)4-7-17-13-16;/h14,17H,1-13H2;1H. The Bertz CT molecular complexity index is 345. The van der Waals surface area contributed by atoms with Crippen LogP contribution in [0.3, 0.4) is 0 Å². The first kappa shape index (κ1) is 18.0. The minimum Gasteiger partial charge on any atom is -0.378 e. The highest BCUT2D eigenvalue weighted by Gasteiger charge is 2.37. The molecule has 1 spiro atoms. The molecule has 0 aromatic rings. The van der Waals surface area contributed by atoms with E-state index in [1.54, 1.807) is 0 Å². The molecule has 3 aliphatic rings. The van der Waals surface area contributed by atoms with E-state index in [9.17, 15) is 4.79 Å². The summed E-state index contributed by atoms with van der Waals surface area (Å²) in [5.74, 6) is 0.253. The fourth-order valence-electron chi connectivity index (χ4n) is 3.76. The van der Waals surface area contributed by atoms with Gasteiger partial charge in [-0.2, -0.15) is 0 Å². The van der Waals surface area contributed by atoms with Crippen molar-refractivity contribution in [2.45, 2.75) is 44.6 Å². The number of halogens is 1. The molecular formula is C16H29ClN2O3. The minimum atomic E-state index is 0. The van der Waals surface area contributed by atoms with Crippen LogP contribution in [0.4, 0.5) is 0 Å². The maximum atomic E-state index is 12.2. The number of carbonyl (C=O) groups excluding carboxylic acids is 1. The van der Waals surface area contributed by atoms with Crippen molar-refractivity contribution in [1.29, 1.82) is 0 Å². The lowest BCUT2D eigenvalue weighted by atomic mass is 9.78. The monoisotopic (exact) mass is 332 g/mol. The van der Waals surface area contributed by atoms with Gasteiger partial charge in [-0.3, -0.25) is 4.79 Å². The Balaban J connectivity index is 0.00000176. The molecular weight excluding hydrogens is 304 g/mol. The lowest BCUT2D eigenvalue weighted by molar-refractivity contribution is -0.134. The van der Waals surface area contributed by atoms with E-state index in [1.807, 2.05) is 4.90 Å². The van der Waals surface area contributed by atoms with Gasteiger partial charge in [0.25, 0.3) is 0 Å². The third-order valence-corrected chi connectivity index (χ3v) is 5.30. The molecule has 3 fully saturated rings. The van der Waals surface area contributed by atoms with Gasteiger partial charge in [0.15, 0.2) is 0 Å². The molecule has 1 amide bonds. The van der Waals surface area contributed by atoms with E-state index < -0.39 is 0 Å². The average molecular weight is 333 g/mol.